The standard InChI is InChI=1S/C13H28O2/c1-6-7-12(2,3)10-11(15)13(4,5)8-9-14/h11,14-15H,6-10H2,1-5H3. The summed E-state index contributed by atoms with van der Waals surface area (Å²) in [6, 6.07) is 0. The van der Waals surface area contributed by atoms with E-state index in [9.17, 15) is 5.11 Å². The number of hydrogen-bond donors (Lipinski definition) is 2. The van der Waals surface area contributed by atoms with Crippen LogP contribution in [0.2, 0.25) is 0 Å². The Labute approximate surface area is 94.7 Å². The highest BCUT2D eigenvalue weighted by Crippen LogP contribution is 2.35. The molecule has 0 bridgehead atoms. The minimum absolute atomic E-state index is 0.151. The predicted octanol–water partition coefficient (Wildman–Crippen LogP) is 2.97. The molecule has 0 spiro atoms. The van der Waals surface area contributed by atoms with E-state index in [1.54, 1.807) is 0 Å². The molecule has 0 saturated heterocycles. The van der Waals surface area contributed by atoms with Gasteiger partial charge < -0.3 is 10.2 Å². The Morgan fingerprint density at radius 3 is 2.00 bits per heavy atom. The number of aliphatic hydroxyl groups is 2. The van der Waals surface area contributed by atoms with Crippen LogP contribution in [0, 0.1) is 10.8 Å². The molecule has 0 fully saturated rings. The molecule has 0 heterocycles. The van der Waals surface area contributed by atoms with Crippen LogP contribution in [0.5, 0.6) is 0 Å². The van der Waals surface area contributed by atoms with Crippen LogP contribution in [0.4, 0.5) is 0 Å². The van der Waals surface area contributed by atoms with Crippen LogP contribution in [0.3, 0.4) is 0 Å². The molecule has 0 radical (unpaired) electrons. The third-order valence-electron chi connectivity index (χ3n) is 3.33. The van der Waals surface area contributed by atoms with Crippen molar-refractivity contribution in [3.8, 4) is 0 Å². The summed E-state index contributed by atoms with van der Waals surface area (Å²) in [4.78, 5) is 0. The fourth-order valence-corrected chi connectivity index (χ4v) is 2.03. The van der Waals surface area contributed by atoms with Gasteiger partial charge in [0.1, 0.15) is 0 Å². The van der Waals surface area contributed by atoms with Gasteiger partial charge in [0.15, 0.2) is 0 Å². The zero-order valence-electron chi connectivity index (χ0n) is 11.0. The topological polar surface area (TPSA) is 40.5 Å². The second-order valence-electron chi connectivity index (χ2n) is 6.10. The zero-order valence-corrected chi connectivity index (χ0v) is 11.0. The molecule has 1 unspecified atom stereocenters. The van der Waals surface area contributed by atoms with E-state index in [0.29, 0.717) is 6.42 Å². The third-order valence-corrected chi connectivity index (χ3v) is 3.33. The number of rotatable bonds is 7. The molecule has 0 rings (SSSR count). The summed E-state index contributed by atoms with van der Waals surface area (Å²) in [5, 5.41) is 19.1. The highest BCUT2D eigenvalue weighted by molar-refractivity contribution is 4.83. The van der Waals surface area contributed by atoms with Crippen molar-refractivity contribution in [3.63, 3.8) is 0 Å². The van der Waals surface area contributed by atoms with Crippen molar-refractivity contribution in [2.24, 2.45) is 10.8 Å². The van der Waals surface area contributed by atoms with Gasteiger partial charge in [-0.2, -0.15) is 0 Å². The summed E-state index contributed by atoms with van der Waals surface area (Å²) >= 11 is 0. The summed E-state index contributed by atoms with van der Waals surface area (Å²) in [6.07, 6.45) is 3.44. The lowest BCUT2D eigenvalue weighted by molar-refractivity contribution is -0.00130. The Balaban J connectivity index is 4.27. The Kier molecular flexibility index (Phi) is 5.82. The lowest BCUT2D eigenvalue weighted by atomic mass is 9.73. The van der Waals surface area contributed by atoms with Gasteiger partial charge in [-0.05, 0) is 30.1 Å². The van der Waals surface area contributed by atoms with Gasteiger partial charge in [-0.15, -0.1) is 0 Å². The summed E-state index contributed by atoms with van der Waals surface area (Å²) in [7, 11) is 0. The van der Waals surface area contributed by atoms with Gasteiger partial charge in [-0.3, -0.25) is 0 Å². The molecule has 0 aliphatic carbocycles. The average molecular weight is 216 g/mol. The van der Waals surface area contributed by atoms with Crippen molar-refractivity contribution in [1.82, 2.24) is 0 Å². The van der Waals surface area contributed by atoms with Crippen LogP contribution in [-0.4, -0.2) is 22.9 Å². The molecule has 0 aliphatic rings. The second-order valence-corrected chi connectivity index (χ2v) is 6.10. The van der Waals surface area contributed by atoms with Gasteiger partial charge in [0, 0.05) is 6.61 Å². The first-order valence-electron chi connectivity index (χ1n) is 6.04. The molecule has 2 N–H and O–H groups in total. The van der Waals surface area contributed by atoms with E-state index in [2.05, 4.69) is 20.8 Å². The molecule has 0 saturated carbocycles. The molecule has 0 aromatic carbocycles. The number of hydrogen-bond acceptors (Lipinski definition) is 2. The Morgan fingerprint density at radius 1 is 1.07 bits per heavy atom. The lowest BCUT2D eigenvalue weighted by Gasteiger charge is -2.36. The fraction of sp³-hybridized carbons (Fsp3) is 1.00. The van der Waals surface area contributed by atoms with E-state index < -0.39 is 0 Å². The first-order chi connectivity index (χ1) is 6.75. The Morgan fingerprint density at radius 2 is 1.60 bits per heavy atom. The van der Waals surface area contributed by atoms with Gasteiger partial charge in [-0.25, -0.2) is 0 Å². The largest absolute Gasteiger partial charge is 0.396 e. The van der Waals surface area contributed by atoms with Crippen LogP contribution in [0.1, 0.15) is 60.3 Å². The van der Waals surface area contributed by atoms with Crippen molar-refractivity contribution < 1.29 is 10.2 Å². The highest BCUT2D eigenvalue weighted by Gasteiger charge is 2.32. The van der Waals surface area contributed by atoms with Crippen LogP contribution in [-0.2, 0) is 0 Å². The van der Waals surface area contributed by atoms with Gasteiger partial charge >= 0.3 is 0 Å². The molecule has 15 heavy (non-hydrogen) atoms. The van der Waals surface area contributed by atoms with Crippen LogP contribution < -0.4 is 0 Å². The molecule has 0 amide bonds. The SMILES string of the molecule is CCCC(C)(C)CC(O)C(C)(C)CCO. The van der Waals surface area contributed by atoms with E-state index in [-0.39, 0.29) is 23.5 Å². The molecule has 2 heteroatoms. The van der Waals surface area contributed by atoms with Crippen LogP contribution in [0.25, 0.3) is 0 Å². The zero-order chi connectivity index (χ0) is 12.1. The van der Waals surface area contributed by atoms with E-state index in [4.69, 9.17) is 5.11 Å². The molecular weight excluding hydrogens is 188 g/mol. The van der Waals surface area contributed by atoms with Gasteiger partial charge in [0.25, 0.3) is 0 Å². The lowest BCUT2D eigenvalue weighted by Crippen LogP contribution is -2.34. The third kappa shape index (κ3) is 5.53. The monoisotopic (exact) mass is 216 g/mol. The predicted molar refractivity (Wildman–Crippen MR) is 64.8 cm³/mol. The first kappa shape index (κ1) is 14.9. The minimum Gasteiger partial charge on any atom is -0.396 e. The molecule has 0 aromatic heterocycles. The Bertz CT molecular complexity index is 173. The normalized spacial score (nSPS) is 15.4. The average Bonchev–Trinajstić information content (AvgIpc) is 2.02. The molecule has 92 valence electrons. The van der Waals surface area contributed by atoms with Gasteiger partial charge in [0.2, 0.25) is 0 Å². The van der Waals surface area contributed by atoms with Crippen molar-refractivity contribution >= 4 is 0 Å². The smallest absolute Gasteiger partial charge is 0.0597 e. The van der Waals surface area contributed by atoms with Gasteiger partial charge in [0.05, 0.1) is 6.10 Å². The van der Waals surface area contributed by atoms with Crippen molar-refractivity contribution in [3.05, 3.63) is 0 Å². The van der Waals surface area contributed by atoms with Crippen molar-refractivity contribution in [1.29, 1.82) is 0 Å². The summed E-state index contributed by atoms with van der Waals surface area (Å²) in [5.41, 5.74) is 0.0145. The van der Waals surface area contributed by atoms with Crippen molar-refractivity contribution in [2.75, 3.05) is 6.61 Å². The summed E-state index contributed by atoms with van der Waals surface area (Å²) in [6.45, 7) is 10.8. The summed E-state index contributed by atoms with van der Waals surface area (Å²) in [5.74, 6) is 0. The first-order valence-corrected chi connectivity index (χ1v) is 6.04. The maximum Gasteiger partial charge on any atom is 0.0597 e. The summed E-state index contributed by atoms with van der Waals surface area (Å²) < 4.78 is 0. The van der Waals surface area contributed by atoms with E-state index in [1.165, 1.54) is 0 Å². The quantitative estimate of drug-likeness (QED) is 0.687. The minimum atomic E-state index is -0.328. The van der Waals surface area contributed by atoms with Crippen LogP contribution >= 0.6 is 0 Å². The Hall–Kier alpha value is -0.0800. The molecule has 1 atom stereocenters. The molecule has 2 nitrogen and oxygen atoms in total. The van der Waals surface area contributed by atoms with E-state index in [1.807, 2.05) is 13.8 Å². The molecule has 0 aliphatic heterocycles. The second kappa shape index (κ2) is 5.86. The van der Waals surface area contributed by atoms with Crippen LogP contribution in [0.15, 0.2) is 0 Å². The van der Waals surface area contributed by atoms with Crippen molar-refractivity contribution in [2.45, 2.75) is 66.4 Å². The molecule has 0 aromatic rings. The maximum atomic E-state index is 10.2. The number of aliphatic hydroxyl groups excluding tert-OH is 2. The maximum absolute atomic E-state index is 10.2. The van der Waals surface area contributed by atoms with E-state index >= 15 is 0 Å². The fourth-order valence-electron chi connectivity index (χ4n) is 2.03. The van der Waals surface area contributed by atoms with E-state index in [0.717, 1.165) is 19.3 Å². The van der Waals surface area contributed by atoms with Gasteiger partial charge in [-0.1, -0.05) is 41.0 Å². The molecular formula is C13H28O2. The highest BCUT2D eigenvalue weighted by atomic mass is 16.3.